The van der Waals surface area contributed by atoms with Crippen molar-refractivity contribution in [2.24, 2.45) is 0 Å². The predicted octanol–water partition coefficient (Wildman–Crippen LogP) is 1.34. The van der Waals surface area contributed by atoms with Crippen molar-refractivity contribution in [3.05, 3.63) is 48.3 Å². The number of nitrogens with one attached hydrogen (secondary N) is 1. The number of hydrogen-bond acceptors (Lipinski definition) is 3. The van der Waals surface area contributed by atoms with Crippen LogP contribution < -0.4 is 5.32 Å². The van der Waals surface area contributed by atoms with Crippen molar-refractivity contribution in [2.45, 2.75) is 19.6 Å². The van der Waals surface area contributed by atoms with Crippen LogP contribution in [0.4, 0.5) is 0 Å². The topological polar surface area (TPSA) is 50.1 Å². The second-order valence-electron chi connectivity index (χ2n) is 4.10. The highest BCUT2D eigenvalue weighted by Crippen LogP contribution is 2.09. The summed E-state index contributed by atoms with van der Waals surface area (Å²) in [6.07, 6.45) is 3.37. The average molecular weight is 231 g/mol. The van der Waals surface area contributed by atoms with Gasteiger partial charge in [0.25, 0.3) is 0 Å². The van der Waals surface area contributed by atoms with Gasteiger partial charge in [0.2, 0.25) is 0 Å². The predicted molar refractivity (Wildman–Crippen MR) is 67.0 cm³/mol. The number of hydrogen-bond donors (Lipinski definition) is 2. The fourth-order valence-electron chi connectivity index (χ4n) is 1.66. The summed E-state index contributed by atoms with van der Waals surface area (Å²) in [7, 11) is 0. The molecule has 0 bridgehead atoms. The Morgan fingerprint density at radius 2 is 2.29 bits per heavy atom. The van der Waals surface area contributed by atoms with Gasteiger partial charge in [-0.3, -0.25) is 0 Å². The van der Waals surface area contributed by atoms with Crippen molar-refractivity contribution in [1.82, 2.24) is 15.1 Å². The maximum Gasteiger partial charge on any atom is 0.0648 e. The van der Waals surface area contributed by atoms with Crippen LogP contribution in [0.2, 0.25) is 0 Å². The standard InChI is InChI=1S/C13H17N3O/c1-11(17)9-14-10-12-4-2-5-13(8-12)16-7-3-6-15-16/h2-8,11,14,17H,9-10H2,1H3. The van der Waals surface area contributed by atoms with E-state index >= 15 is 0 Å². The van der Waals surface area contributed by atoms with Crippen molar-refractivity contribution < 1.29 is 5.11 Å². The SMILES string of the molecule is CC(O)CNCc1cccc(-n2cccn2)c1. The number of aliphatic hydroxyl groups excluding tert-OH is 1. The van der Waals surface area contributed by atoms with E-state index in [1.54, 1.807) is 13.1 Å². The van der Waals surface area contributed by atoms with E-state index in [-0.39, 0.29) is 6.10 Å². The van der Waals surface area contributed by atoms with E-state index in [1.165, 1.54) is 5.56 Å². The van der Waals surface area contributed by atoms with Gasteiger partial charge >= 0.3 is 0 Å². The minimum Gasteiger partial charge on any atom is -0.392 e. The van der Waals surface area contributed by atoms with Gasteiger partial charge in [-0.1, -0.05) is 12.1 Å². The number of nitrogens with zero attached hydrogens (tertiary/aromatic N) is 2. The molecule has 4 nitrogen and oxygen atoms in total. The number of benzene rings is 1. The van der Waals surface area contributed by atoms with Gasteiger partial charge in [0.15, 0.2) is 0 Å². The summed E-state index contributed by atoms with van der Waals surface area (Å²) in [6.45, 7) is 3.12. The van der Waals surface area contributed by atoms with Crippen LogP contribution in [0.1, 0.15) is 12.5 Å². The Labute approximate surface area is 101 Å². The van der Waals surface area contributed by atoms with E-state index in [0.717, 1.165) is 12.2 Å². The molecule has 1 aromatic heterocycles. The monoisotopic (exact) mass is 231 g/mol. The van der Waals surface area contributed by atoms with Crippen LogP contribution in [-0.2, 0) is 6.54 Å². The molecule has 2 aromatic rings. The largest absolute Gasteiger partial charge is 0.392 e. The number of rotatable bonds is 5. The molecule has 17 heavy (non-hydrogen) atoms. The van der Waals surface area contributed by atoms with Gasteiger partial charge in [0.05, 0.1) is 11.8 Å². The lowest BCUT2D eigenvalue weighted by atomic mass is 10.2. The van der Waals surface area contributed by atoms with Crippen LogP contribution in [0.15, 0.2) is 42.7 Å². The third kappa shape index (κ3) is 3.41. The van der Waals surface area contributed by atoms with E-state index in [0.29, 0.717) is 6.54 Å². The molecule has 2 rings (SSSR count). The molecule has 0 aliphatic heterocycles. The van der Waals surface area contributed by atoms with E-state index < -0.39 is 0 Å². The minimum absolute atomic E-state index is 0.315. The van der Waals surface area contributed by atoms with Gasteiger partial charge in [-0.25, -0.2) is 4.68 Å². The third-order valence-corrected chi connectivity index (χ3v) is 2.45. The van der Waals surface area contributed by atoms with Crippen LogP contribution in [0.5, 0.6) is 0 Å². The molecule has 1 heterocycles. The molecule has 0 saturated carbocycles. The lowest BCUT2D eigenvalue weighted by Crippen LogP contribution is -2.23. The molecule has 90 valence electrons. The first-order valence-electron chi connectivity index (χ1n) is 5.73. The van der Waals surface area contributed by atoms with Crippen molar-refractivity contribution in [1.29, 1.82) is 0 Å². The smallest absolute Gasteiger partial charge is 0.0648 e. The summed E-state index contributed by atoms with van der Waals surface area (Å²) in [5.41, 5.74) is 2.23. The summed E-state index contributed by atoms with van der Waals surface area (Å²) in [6, 6.07) is 10.1. The van der Waals surface area contributed by atoms with E-state index in [9.17, 15) is 0 Å². The third-order valence-electron chi connectivity index (χ3n) is 2.45. The average Bonchev–Trinajstić information content (AvgIpc) is 2.82. The van der Waals surface area contributed by atoms with Crippen LogP contribution in [0.25, 0.3) is 5.69 Å². The van der Waals surface area contributed by atoms with Crippen LogP contribution in [0.3, 0.4) is 0 Å². The van der Waals surface area contributed by atoms with Crippen LogP contribution >= 0.6 is 0 Å². The van der Waals surface area contributed by atoms with Crippen molar-refractivity contribution in [2.75, 3.05) is 6.54 Å². The Morgan fingerprint density at radius 3 is 3.00 bits per heavy atom. The summed E-state index contributed by atoms with van der Waals surface area (Å²) in [5.74, 6) is 0. The number of aliphatic hydroxyl groups is 1. The quantitative estimate of drug-likeness (QED) is 0.816. The molecule has 0 spiro atoms. The second kappa shape index (κ2) is 5.61. The molecule has 0 aliphatic rings. The molecule has 0 radical (unpaired) electrons. The van der Waals surface area contributed by atoms with E-state index in [2.05, 4.69) is 22.5 Å². The Hall–Kier alpha value is -1.65. The summed E-state index contributed by atoms with van der Waals surface area (Å²) in [5, 5.41) is 16.5. The van der Waals surface area contributed by atoms with Gasteiger partial charge in [0, 0.05) is 25.5 Å². The Kier molecular flexibility index (Phi) is 3.90. The van der Waals surface area contributed by atoms with Gasteiger partial charge in [-0.15, -0.1) is 0 Å². The summed E-state index contributed by atoms with van der Waals surface area (Å²) in [4.78, 5) is 0. The summed E-state index contributed by atoms with van der Waals surface area (Å²) < 4.78 is 1.83. The zero-order valence-corrected chi connectivity index (χ0v) is 9.87. The Morgan fingerprint density at radius 1 is 1.41 bits per heavy atom. The Bertz CT molecular complexity index is 451. The molecule has 1 aromatic carbocycles. The summed E-state index contributed by atoms with van der Waals surface area (Å²) >= 11 is 0. The molecule has 1 unspecified atom stereocenters. The van der Waals surface area contributed by atoms with E-state index in [1.807, 2.05) is 29.1 Å². The first kappa shape index (κ1) is 11.8. The molecule has 0 fully saturated rings. The molecular formula is C13H17N3O. The van der Waals surface area contributed by atoms with Gasteiger partial charge in [-0.2, -0.15) is 5.10 Å². The van der Waals surface area contributed by atoms with Crippen molar-refractivity contribution in [3.8, 4) is 5.69 Å². The highest BCUT2D eigenvalue weighted by Gasteiger charge is 1.99. The van der Waals surface area contributed by atoms with Crippen molar-refractivity contribution in [3.63, 3.8) is 0 Å². The molecule has 4 heteroatoms. The van der Waals surface area contributed by atoms with Crippen LogP contribution in [-0.4, -0.2) is 27.5 Å². The van der Waals surface area contributed by atoms with Gasteiger partial charge in [0.1, 0.15) is 0 Å². The maximum atomic E-state index is 9.16. The fraction of sp³-hybridized carbons (Fsp3) is 0.308. The van der Waals surface area contributed by atoms with Gasteiger partial charge in [-0.05, 0) is 30.7 Å². The lowest BCUT2D eigenvalue weighted by Gasteiger charge is -2.08. The normalized spacial score (nSPS) is 12.6. The molecule has 0 aliphatic carbocycles. The van der Waals surface area contributed by atoms with Crippen molar-refractivity contribution >= 4 is 0 Å². The van der Waals surface area contributed by atoms with E-state index in [4.69, 9.17) is 5.11 Å². The van der Waals surface area contributed by atoms with Gasteiger partial charge < -0.3 is 10.4 Å². The first-order valence-corrected chi connectivity index (χ1v) is 5.73. The highest BCUT2D eigenvalue weighted by atomic mass is 16.3. The fourth-order valence-corrected chi connectivity index (χ4v) is 1.66. The lowest BCUT2D eigenvalue weighted by molar-refractivity contribution is 0.191. The number of aromatic nitrogens is 2. The molecule has 0 saturated heterocycles. The maximum absolute atomic E-state index is 9.16. The molecule has 2 N–H and O–H groups in total. The second-order valence-corrected chi connectivity index (χ2v) is 4.10. The zero-order valence-electron chi connectivity index (χ0n) is 9.87. The van der Waals surface area contributed by atoms with Crippen LogP contribution in [0, 0.1) is 0 Å². The molecule has 1 atom stereocenters. The Balaban J connectivity index is 2.02. The minimum atomic E-state index is -0.315. The zero-order chi connectivity index (χ0) is 12.1. The highest BCUT2D eigenvalue weighted by molar-refractivity contribution is 5.34. The molecular weight excluding hydrogens is 214 g/mol. The molecule has 0 amide bonds. The first-order chi connectivity index (χ1) is 8.25.